The van der Waals surface area contributed by atoms with Crippen molar-refractivity contribution in [3.8, 4) is 0 Å². The van der Waals surface area contributed by atoms with Gasteiger partial charge >= 0.3 is 0 Å². The third kappa shape index (κ3) is 3.34. The average molecular weight is 258 g/mol. The van der Waals surface area contributed by atoms with E-state index in [0.717, 1.165) is 6.26 Å². The molecule has 0 saturated carbocycles. The number of nitrogens with zero attached hydrogens (tertiary/aromatic N) is 1. The number of para-hydroxylation sites is 1. The largest absolute Gasteiger partial charge is 0.396 e. The molecule has 0 amide bonds. The molecule has 1 aromatic carbocycles. The monoisotopic (exact) mass is 258 g/mol. The van der Waals surface area contributed by atoms with E-state index >= 15 is 0 Å². The number of hydrogen-bond donors (Lipinski definition) is 1. The second-order valence-corrected chi connectivity index (χ2v) is 5.86. The predicted octanol–water partition coefficient (Wildman–Crippen LogP) is 0.755. The van der Waals surface area contributed by atoms with Crippen LogP contribution in [0.15, 0.2) is 23.1 Å². The molecular formula is C11H18N2O3S. The second kappa shape index (κ2) is 5.37. The Morgan fingerprint density at radius 2 is 2.06 bits per heavy atom. The minimum atomic E-state index is -3.29. The molecule has 0 saturated heterocycles. The number of sulfone groups is 1. The number of nitrogens with two attached hydrogens (primary N) is 1. The van der Waals surface area contributed by atoms with E-state index in [2.05, 4.69) is 0 Å². The summed E-state index contributed by atoms with van der Waals surface area (Å²) in [6, 6.07) is 4.99. The van der Waals surface area contributed by atoms with E-state index in [1.165, 1.54) is 6.07 Å². The van der Waals surface area contributed by atoms with Crippen LogP contribution in [-0.4, -0.2) is 42.0 Å². The SMILES string of the molecule is COCCN(C)c1cccc(S(C)(=O)=O)c1N. The zero-order chi connectivity index (χ0) is 13.1. The van der Waals surface area contributed by atoms with Crippen LogP contribution in [0.2, 0.25) is 0 Å². The molecule has 1 rings (SSSR count). The number of methoxy groups -OCH3 is 1. The Hall–Kier alpha value is -1.27. The summed E-state index contributed by atoms with van der Waals surface area (Å²) in [6.07, 6.45) is 1.15. The Bertz CT molecular complexity index is 485. The quantitative estimate of drug-likeness (QED) is 0.789. The highest BCUT2D eigenvalue weighted by molar-refractivity contribution is 7.90. The maximum atomic E-state index is 11.5. The van der Waals surface area contributed by atoms with Gasteiger partial charge in [-0.3, -0.25) is 0 Å². The summed E-state index contributed by atoms with van der Waals surface area (Å²) in [5.41, 5.74) is 6.87. The smallest absolute Gasteiger partial charge is 0.177 e. The maximum Gasteiger partial charge on any atom is 0.177 e. The number of ether oxygens (including phenoxy) is 1. The number of nitrogen functional groups attached to an aromatic ring is 1. The molecule has 0 aliphatic carbocycles. The summed E-state index contributed by atoms with van der Waals surface area (Å²) < 4.78 is 28.0. The fourth-order valence-corrected chi connectivity index (χ4v) is 2.37. The fraction of sp³-hybridized carbons (Fsp3) is 0.455. The van der Waals surface area contributed by atoms with Crippen LogP contribution in [0.25, 0.3) is 0 Å². The van der Waals surface area contributed by atoms with Gasteiger partial charge in [0, 0.05) is 27.0 Å². The van der Waals surface area contributed by atoms with Gasteiger partial charge in [-0.25, -0.2) is 8.42 Å². The molecule has 0 heterocycles. The molecule has 1 aromatic rings. The molecular weight excluding hydrogens is 240 g/mol. The van der Waals surface area contributed by atoms with Crippen LogP contribution < -0.4 is 10.6 Å². The lowest BCUT2D eigenvalue weighted by atomic mass is 10.2. The molecule has 0 bridgehead atoms. The molecule has 0 unspecified atom stereocenters. The van der Waals surface area contributed by atoms with Crippen molar-refractivity contribution >= 4 is 21.2 Å². The Balaban J connectivity index is 3.11. The van der Waals surface area contributed by atoms with Crippen LogP contribution in [0.4, 0.5) is 11.4 Å². The Labute approximate surface area is 102 Å². The molecule has 5 nitrogen and oxygen atoms in total. The van der Waals surface area contributed by atoms with E-state index < -0.39 is 9.84 Å². The van der Waals surface area contributed by atoms with Gasteiger partial charge in [-0.05, 0) is 12.1 Å². The predicted molar refractivity (Wildman–Crippen MR) is 69.1 cm³/mol. The molecule has 0 aliphatic heterocycles. The summed E-state index contributed by atoms with van der Waals surface area (Å²) in [5, 5.41) is 0. The van der Waals surface area contributed by atoms with Crippen LogP contribution >= 0.6 is 0 Å². The lowest BCUT2D eigenvalue weighted by Crippen LogP contribution is -2.23. The number of benzene rings is 1. The zero-order valence-electron chi connectivity index (χ0n) is 10.3. The third-order valence-corrected chi connectivity index (χ3v) is 3.64. The van der Waals surface area contributed by atoms with Crippen molar-refractivity contribution in [3.05, 3.63) is 18.2 Å². The first-order valence-electron chi connectivity index (χ1n) is 5.16. The zero-order valence-corrected chi connectivity index (χ0v) is 11.1. The Morgan fingerprint density at radius 3 is 2.59 bits per heavy atom. The van der Waals surface area contributed by atoms with Crippen molar-refractivity contribution in [1.82, 2.24) is 0 Å². The first-order chi connectivity index (χ1) is 7.88. The summed E-state index contributed by atoms with van der Waals surface area (Å²) in [6.45, 7) is 1.20. The van der Waals surface area contributed by atoms with Gasteiger partial charge in [0.25, 0.3) is 0 Å². The van der Waals surface area contributed by atoms with Crippen molar-refractivity contribution < 1.29 is 13.2 Å². The molecule has 96 valence electrons. The Morgan fingerprint density at radius 1 is 1.41 bits per heavy atom. The van der Waals surface area contributed by atoms with Crippen LogP contribution in [0.3, 0.4) is 0 Å². The van der Waals surface area contributed by atoms with Crippen molar-refractivity contribution in [1.29, 1.82) is 0 Å². The molecule has 2 N–H and O–H groups in total. The first kappa shape index (κ1) is 13.8. The van der Waals surface area contributed by atoms with Crippen LogP contribution in [0.5, 0.6) is 0 Å². The van der Waals surface area contributed by atoms with Gasteiger partial charge in [0.05, 0.1) is 22.9 Å². The second-order valence-electron chi connectivity index (χ2n) is 3.88. The van der Waals surface area contributed by atoms with Gasteiger partial charge in [0.1, 0.15) is 0 Å². The summed E-state index contributed by atoms with van der Waals surface area (Å²) in [5.74, 6) is 0. The number of likely N-dealkylation sites (N-methyl/N-ethyl adjacent to an activating group) is 1. The van der Waals surface area contributed by atoms with E-state index in [0.29, 0.717) is 18.8 Å². The highest BCUT2D eigenvalue weighted by Crippen LogP contribution is 2.28. The summed E-state index contributed by atoms with van der Waals surface area (Å²) >= 11 is 0. The lowest BCUT2D eigenvalue weighted by molar-refractivity contribution is 0.206. The molecule has 17 heavy (non-hydrogen) atoms. The van der Waals surface area contributed by atoms with Crippen molar-refractivity contribution in [2.75, 3.05) is 44.2 Å². The molecule has 0 radical (unpaired) electrons. The van der Waals surface area contributed by atoms with E-state index in [1.54, 1.807) is 19.2 Å². The normalized spacial score (nSPS) is 11.5. The Kier molecular flexibility index (Phi) is 4.36. The van der Waals surface area contributed by atoms with Crippen molar-refractivity contribution in [3.63, 3.8) is 0 Å². The minimum absolute atomic E-state index is 0.166. The molecule has 0 spiro atoms. The van der Waals surface area contributed by atoms with Gasteiger partial charge in [0.15, 0.2) is 9.84 Å². The minimum Gasteiger partial charge on any atom is -0.396 e. The van der Waals surface area contributed by atoms with E-state index in [9.17, 15) is 8.42 Å². The van der Waals surface area contributed by atoms with Crippen LogP contribution in [-0.2, 0) is 14.6 Å². The van der Waals surface area contributed by atoms with Crippen molar-refractivity contribution in [2.24, 2.45) is 0 Å². The molecule has 0 atom stereocenters. The molecule has 6 heteroatoms. The van der Waals surface area contributed by atoms with E-state index in [4.69, 9.17) is 10.5 Å². The van der Waals surface area contributed by atoms with Crippen LogP contribution in [0, 0.1) is 0 Å². The van der Waals surface area contributed by atoms with E-state index in [1.807, 2.05) is 11.9 Å². The molecule has 0 aromatic heterocycles. The van der Waals surface area contributed by atoms with Gasteiger partial charge in [0.2, 0.25) is 0 Å². The first-order valence-corrected chi connectivity index (χ1v) is 7.05. The average Bonchev–Trinajstić information content (AvgIpc) is 2.24. The van der Waals surface area contributed by atoms with Gasteiger partial charge in [-0.2, -0.15) is 0 Å². The van der Waals surface area contributed by atoms with Crippen LogP contribution in [0.1, 0.15) is 0 Å². The van der Waals surface area contributed by atoms with E-state index in [-0.39, 0.29) is 10.6 Å². The standard InChI is InChI=1S/C11H18N2O3S/c1-13(7-8-16-2)9-5-4-6-10(11(9)12)17(3,14)15/h4-6H,7-8,12H2,1-3H3. The highest BCUT2D eigenvalue weighted by Gasteiger charge is 2.15. The summed E-state index contributed by atoms with van der Waals surface area (Å²) in [7, 11) is 0.166. The number of rotatable bonds is 5. The molecule has 0 fully saturated rings. The molecule has 0 aliphatic rings. The number of hydrogen-bond acceptors (Lipinski definition) is 5. The summed E-state index contributed by atoms with van der Waals surface area (Å²) in [4.78, 5) is 2.03. The topological polar surface area (TPSA) is 72.6 Å². The maximum absolute atomic E-state index is 11.5. The van der Waals surface area contributed by atoms with Gasteiger partial charge in [-0.1, -0.05) is 6.07 Å². The third-order valence-electron chi connectivity index (χ3n) is 2.48. The van der Waals surface area contributed by atoms with Crippen molar-refractivity contribution in [2.45, 2.75) is 4.90 Å². The highest BCUT2D eigenvalue weighted by atomic mass is 32.2. The number of anilines is 2. The van der Waals surface area contributed by atoms with Gasteiger partial charge < -0.3 is 15.4 Å². The lowest BCUT2D eigenvalue weighted by Gasteiger charge is -2.21. The van der Waals surface area contributed by atoms with Gasteiger partial charge in [-0.15, -0.1) is 0 Å². The fourth-order valence-electron chi connectivity index (χ4n) is 1.54.